The van der Waals surface area contributed by atoms with Crippen molar-refractivity contribution in [3.63, 3.8) is 0 Å². The van der Waals surface area contributed by atoms with E-state index in [1.165, 1.54) is 16.7 Å². The van der Waals surface area contributed by atoms with E-state index in [1.807, 2.05) is 6.20 Å². The van der Waals surface area contributed by atoms with Gasteiger partial charge in [-0.05, 0) is 84.7 Å². The van der Waals surface area contributed by atoms with Crippen LogP contribution < -0.4 is 14.5 Å². The van der Waals surface area contributed by atoms with Crippen LogP contribution in [0.5, 0.6) is 11.5 Å². The Hall–Kier alpha value is -7.20. The number of hydrogen-bond acceptors (Lipinski definition) is 4. The van der Waals surface area contributed by atoms with Crippen molar-refractivity contribution in [2.75, 3.05) is 9.80 Å². The monoisotopic (exact) mass is 1170 g/mol. The van der Waals surface area contributed by atoms with Gasteiger partial charge in [-0.1, -0.05) is 216 Å². The number of benzene rings is 8. The van der Waals surface area contributed by atoms with Crippen LogP contribution in [0.15, 0.2) is 182 Å². The number of nitrogens with zero attached hydrogens (tertiary/aromatic N) is 4. The average molecular weight is 1180 g/mol. The molecule has 5 nitrogen and oxygen atoms in total. The second-order valence-electron chi connectivity index (χ2n) is 24.3. The van der Waals surface area contributed by atoms with Crippen molar-refractivity contribution in [1.29, 1.82) is 0 Å². The standard InChI is InChI=1S/C70H67N4O.Pt/c1-67(2,3)49-32-30-48(31-33-49)56-27-21-26-55(46-22-15-13-16-23-46)66(56)73-45-72(62-28-19-20-29-63(62)73)52-38-51(69(7,8)9)39-54(41-52)75-53-35-36-57-58-40-50(68(4,5)6)34-37-61(58)74(64(57)42-53)65-43-60(70(10,11)12)59(44-71-65)47-24-17-14-18-25-47;/h13-40,43-45H,1-12H3;/q-3;. The Balaban J connectivity index is 0.00000657. The molecule has 0 N–H and O–H groups in total. The zero-order valence-electron chi connectivity index (χ0n) is 45.9. The van der Waals surface area contributed by atoms with Crippen molar-refractivity contribution in [3.05, 3.63) is 223 Å². The van der Waals surface area contributed by atoms with E-state index in [2.05, 4.69) is 292 Å². The van der Waals surface area contributed by atoms with E-state index in [-0.39, 0.29) is 42.7 Å². The maximum Gasteiger partial charge on any atom is 0.135 e. The van der Waals surface area contributed by atoms with Crippen LogP contribution in [-0.4, -0.2) is 9.55 Å². The second-order valence-corrected chi connectivity index (χ2v) is 24.3. The van der Waals surface area contributed by atoms with Gasteiger partial charge in [0.05, 0.1) is 0 Å². The van der Waals surface area contributed by atoms with Crippen molar-refractivity contribution in [2.24, 2.45) is 0 Å². The molecule has 3 heterocycles. The third-order valence-corrected chi connectivity index (χ3v) is 14.8. The summed E-state index contributed by atoms with van der Waals surface area (Å²) < 4.78 is 9.29. The summed E-state index contributed by atoms with van der Waals surface area (Å²) in [4.78, 5) is 9.86. The van der Waals surface area contributed by atoms with Gasteiger partial charge in [-0.3, -0.25) is 0 Å². The molecule has 10 aromatic rings. The molecule has 1 aliphatic heterocycles. The van der Waals surface area contributed by atoms with E-state index < -0.39 is 0 Å². The normalized spacial score (nSPS) is 13.1. The molecule has 0 radical (unpaired) electrons. The predicted molar refractivity (Wildman–Crippen MR) is 315 cm³/mol. The van der Waals surface area contributed by atoms with E-state index in [0.717, 1.165) is 89.3 Å². The number of rotatable bonds is 8. The maximum absolute atomic E-state index is 7.03. The fraction of sp³-hybridized carbons (Fsp3) is 0.229. The summed E-state index contributed by atoms with van der Waals surface area (Å²) in [5.74, 6) is 2.05. The van der Waals surface area contributed by atoms with Crippen LogP contribution >= 0.6 is 0 Å². The molecule has 0 spiro atoms. The van der Waals surface area contributed by atoms with Crippen LogP contribution in [-0.2, 0) is 42.7 Å². The topological polar surface area (TPSA) is 33.5 Å². The number of para-hydroxylation sites is 3. The Kier molecular flexibility index (Phi) is 13.6. The molecular formula is C70H67N4OPt-3. The van der Waals surface area contributed by atoms with Gasteiger partial charge in [-0.2, -0.15) is 6.07 Å². The fourth-order valence-corrected chi connectivity index (χ4v) is 10.5. The van der Waals surface area contributed by atoms with Crippen molar-refractivity contribution in [2.45, 2.75) is 105 Å². The molecule has 0 unspecified atom stereocenters. The van der Waals surface area contributed by atoms with Crippen LogP contribution in [0.4, 0.5) is 22.7 Å². The van der Waals surface area contributed by atoms with Gasteiger partial charge in [0, 0.05) is 78.0 Å². The summed E-state index contributed by atoms with van der Waals surface area (Å²) in [5.41, 5.74) is 17.6. The minimum absolute atomic E-state index is 0. The molecule has 1 aliphatic rings. The Morgan fingerprint density at radius 1 is 0.447 bits per heavy atom. The summed E-state index contributed by atoms with van der Waals surface area (Å²) in [7, 11) is 0. The Morgan fingerprint density at radius 2 is 1.01 bits per heavy atom. The summed E-state index contributed by atoms with van der Waals surface area (Å²) >= 11 is 0. The molecule has 0 atom stereocenters. The summed E-state index contributed by atoms with van der Waals surface area (Å²) in [6, 6.07) is 71.0. The molecule has 8 aromatic carbocycles. The minimum atomic E-state index is -0.208. The summed E-state index contributed by atoms with van der Waals surface area (Å²) in [6.45, 7) is 29.4. The summed E-state index contributed by atoms with van der Waals surface area (Å²) in [5, 5.41) is 2.24. The van der Waals surface area contributed by atoms with Crippen molar-refractivity contribution in [1.82, 2.24) is 9.55 Å². The Morgan fingerprint density at radius 3 is 1.62 bits per heavy atom. The van der Waals surface area contributed by atoms with E-state index in [1.54, 1.807) is 0 Å². The average Bonchev–Trinajstić information content (AvgIpc) is 4.06. The first kappa shape index (κ1) is 52.2. The molecule has 0 saturated heterocycles. The number of fused-ring (bicyclic) bond motifs is 4. The molecule has 6 heteroatoms. The quantitative estimate of drug-likeness (QED) is 0.142. The first-order chi connectivity index (χ1) is 35.7. The van der Waals surface area contributed by atoms with Gasteiger partial charge in [0.15, 0.2) is 0 Å². The minimum Gasteiger partial charge on any atom is -0.509 e. The van der Waals surface area contributed by atoms with Gasteiger partial charge in [0.1, 0.15) is 5.82 Å². The van der Waals surface area contributed by atoms with E-state index in [0.29, 0.717) is 11.5 Å². The SMILES string of the molecule is CC(C)(C)c1ccc(-c2cccc(-c3ccccc3)c2N2[CH-]N(c3[c-]c(Oc4[c-]c5c(cc4)c4cc(C(C)(C)C)ccc4n5-c4cc(C(C)(C)C)c(-c5ccccc5)cn4)cc(C(C)(C)C)c3)c3ccccc32)cc1.[Pt]. The molecule has 386 valence electrons. The zero-order valence-corrected chi connectivity index (χ0v) is 48.2. The van der Waals surface area contributed by atoms with Crippen LogP contribution in [0, 0.1) is 18.8 Å². The third kappa shape index (κ3) is 9.91. The van der Waals surface area contributed by atoms with Gasteiger partial charge in [-0.25, -0.2) is 4.98 Å². The second kappa shape index (κ2) is 19.7. The number of ether oxygens (including phenoxy) is 1. The number of pyridine rings is 1. The van der Waals surface area contributed by atoms with Gasteiger partial charge < -0.3 is 19.1 Å². The fourth-order valence-electron chi connectivity index (χ4n) is 10.5. The van der Waals surface area contributed by atoms with Gasteiger partial charge in [0.2, 0.25) is 0 Å². The smallest absolute Gasteiger partial charge is 0.135 e. The van der Waals surface area contributed by atoms with Crippen LogP contribution in [0.1, 0.15) is 105 Å². The molecular weight excluding hydrogens is 1110 g/mol. The van der Waals surface area contributed by atoms with Crippen molar-refractivity contribution in [3.8, 4) is 50.7 Å². The number of anilines is 4. The maximum atomic E-state index is 7.03. The molecule has 76 heavy (non-hydrogen) atoms. The van der Waals surface area contributed by atoms with E-state index >= 15 is 0 Å². The predicted octanol–water partition coefficient (Wildman–Crippen LogP) is 19.2. The molecule has 2 aromatic heterocycles. The molecule has 0 saturated carbocycles. The molecule has 11 rings (SSSR count). The number of aromatic nitrogens is 2. The van der Waals surface area contributed by atoms with Gasteiger partial charge in [0.25, 0.3) is 0 Å². The van der Waals surface area contributed by atoms with Crippen LogP contribution in [0.2, 0.25) is 0 Å². The van der Waals surface area contributed by atoms with Crippen LogP contribution in [0.25, 0.3) is 61.0 Å². The van der Waals surface area contributed by atoms with E-state index in [4.69, 9.17) is 9.72 Å². The van der Waals surface area contributed by atoms with Gasteiger partial charge in [-0.15, -0.1) is 53.6 Å². The Bertz CT molecular complexity index is 3750. The third-order valence-electron chi connectivity index (χ3n) is 14.8. The van der Waals surface area contributed by atoms with Crippen molar-refractivity contribution < 1.29 is 25.8 Å². The first-order valence-electron chi connectivity index (χ1n) is 26.4. The Labute approximate surface area is 465 Å². The molecule has 0 amide bonds. The largest absolute Gasteiger partial charge is 0.509 e. The van der Waals surface area contributed by atoms with Crippen molar-refractivity contribution >= 4 is 44.6 Å². The number of hydrogen-bond donors (Lipinski definition) is 0. The zero-order chi connectivity index (χ0) is 52.6. The molecule has 0 fully saturated rings. The molecule has 0 bridgehead atoms. The van der Waals surface area contributed by atoms with E-state index in [9.17, 15) is 0 Å². The van der Waals surface area contributed by atoms with Gasteiger partial charge >= 0.3 is 0 Å². The first-order valence-corrected chi connectivity index (χ1v) is 26.4. The summed E-state index contributed by atoms with van der Waals surface area (Å²) in [6.07, 6.45) is 2.04. The molecule has 0 aliphatic carbocycles. The van der Waals surface area contributed by atoms with Crippen LogP contribution in [0.3, 0.4) is 0 Å².